The largest absolute Gasteiger partial charge is 0.495 e. The van der Waals surface area contributed by atoms with E-state index >= 15 is 0 Å². The van der Waals surface area contributed by atoms with Crippen LogP contribution in [0.4, 0.5) is 28.9 Å². The van der Waals surface area contributed by atoms with Crippen molar-refractivity contribution >= 4 is 34.2 Å². The van der Waals surface area contributed by atoms with E-state index in [1.807, 2.05) is 0 Å². The third kappa shape index (κ3) is 7.44. The van der Waals surface area contributed by atoms with Gasteiger partial charge in [0.25, 0.3) is 0 Å². The van der Waals surface area contributed by atoms with Gasteiger partial charge in [0.2, 0.25) is 5.91 Å². The molecule has 0 aliphatic carbocycles. The van der Waals surface area contributed by atoms with Gasteiger partial charge in [0.15, 0.2) is 0 Å². The van der Waals surface area contributed by atoms with Crippen molar-refractivity contribution in [3.05, 3.63) is 53.7 Å². The third-order valence-corrected chi connectivity index (χ3v) is 6.84. The quantitative estimate of drug-likeness (QED) is 0.198. The summed E-state index contributed by atoms with van der Waals surface area (Å²) in [4.78, 5) is 24.6. The lowest BCUT2D eigenvalue weighted by Gasteiger charge is -2.35. The number of alkyl halides is 4. The van der Waals surface area contributed by atoms with Gasteiger partial charge < -0.3 is 30.4 Å². The zero-order valence-corrected chi connectivity index (χ0v) is 23.1. The van der Waals surface area contributed by atoms with Crippen molar-refractivity contribution in [3.63, 3.8) is 0 Å². The Bertz CT molecular complexity index is 1510. The van der Waals surface area contributed by atoms with Crippen LogP contribution in [-0.4, -0.2) is 80.1 Å². The number of likely N-dealkylation sites (tertiary alicyclic amines) is 1. The Kier molecular flexibility index (Phi) is 9.47. The Morgan fingerprint density at radius 2 is 1.93 bits per heavy atom. The fourth-order valence-corrected chi connectivity index (χ4v) is 4.91. The monoisotopic (exact) mass is 589 g/mol. The zero-order chi connectivity index (χ0) is 30.4. The first kappa shape index (κ1) is 30.5. The van der Waals surface area contributed by atoms with Gasteiger partial charge in [-0.25, -0.2) is 9.18 Å². The number of nitrogens with two attached hydrogens (primary N) is 1. The number of methoxy groups -OCH3 is 2. The first-order valence-corrected chi connectivity index (χ1v) is 13.1. The number of amides is 1. The molecule has 2 heterocycles. The van der Waals surface area contributed by atoms with E-state index in [2.05, 4.69) is 22.5 Å². The smallest absolute Gasteiger partial charge is 0.406 e. The number of nitrogens with one attached hydrogen (secondary N) is 2. The molecular weight excluding hydrogens is 558 g/mol. The normalized spacial score (nSPS) is 17.3. The van der Waals surface area contributed by atoms with Crippen molar-refractivity contribution in [2.75, 3.05) is 51.0 Å². The molecule has 42 heavy (non-hydrogen) atoms. The minimum Gasteiger partial charge on any atom is -0.495 e. The molecule has 0 saturated carbocycles. The number of aromatic nitrogens is 1. The van der Waals surface area contributed by atoms with Gasteiger partial charge >= 0.3 is 12.1 Å². The highest BCUT2D eigenvalue weighted by Gasteiger charge is 2.32. The Morgan fingerprint density at radius 1 is 1.14 bits per heavy atom. The molecule has 1 aromatic heterocycles. The number of esters is 1. The Morgan fingerprint density at radius 3 is 2.60 bits per heavy atom. The number of hydrogen-bond donors (Lipinski definition) is 3. The van der Waals surface area contributed by atoms with Crippen LogP contribution in [0, 0.1) is 11.8 Å². The van der Waals surface area contributed by atoms with E-state index in [1.54, 1.807) is 41.3 Å². The maximum atomic E-state index is 14.9. The molecule has 2 aromatic carbocycles. The van der Waals surface area contributed by atoms with E-state index in [-0.39, 0.29) is 25.3 Å². The molecule has 0 radical (unpaired) electrons. The van der Waals surface area contributed by atoms with E-state index in [9.17, 15) is 27.2 Å². The number of carbonyl (C=O) groups excluding carboxylic acids is 2. The van der Waals surface area contributed by atoms with E-state index < -0.39 is 36.8 Å². The van der Waals surface area contributed by atoms with Gasteiger partial charge in [-0.05, 0) is 48.7 Å². The lowest BCUT2D eigenvalue weighted by atomic mass is 10.0. The van der Waals surface area contributed by atoms with Crippen LogP contribution in [-0.2, 0) is 16.1 Å². The molecule has 0 spiro atoms. The van der Waals surface area contributed by atoms with E-state index in [4.69, 9.17) is 15.2 Å². The van der Waals surface area contributed by atoms with Gasteiger partial charge in [0.05, 0.1) is 55.8 Å². The van der Waals surface area contributed by atoms with Crippen LogP contribution in [0.25, 0.3) is 10.9 Å². The number of halogens is 4. The number of anilines is 2. The van der Waals surface area contributed by atoms with Gasteiger partial charge in [-0.3, -0.25) is 9.69 Å². The average Bonchev–Trinajstić information content (AvgIpc) is 3.28. The standard InChI is InChI=1S/C29H31F4N5O4/c1-41-26-13-18(28(40)42-2)8-9-24(26)35-11-4-5-19-14-20-22(6-3-7-25(20)38(19)17-29(31,32)33)36-23-10-12-37(15-21(23)30)16-27(34)39/h3,6-9,13-14,21,23,35-36H,10-12,15-17H2,1-2H3,(H2,34,39). The molecule has 1 saturated heterocycles. The Hall–Kier alpha value is -4.44. The second-order valence-electron chi connectivity index (χ2n) is 9.79. The second-order valence-corrected chi connectivity index (χ2v) is 9.79. The summed E-state index contributed by atoms with van der Waals surface area (Å²) >= 11 is 0. The third-order valence-electron chi connectivity index (χ3n) is 6.84. The van der Waals surface area contributed by atoms with Crippen LogP contribution in [0.3, 0.4) is 0 Å². The van der Waals surface area contributed by atoms with Crippen molar-refractivity contribution in [3.8, 4) is 17.6 Å². The number of nitrogens with zero attached hydrogens (tertiary/aromatic N) is 2. The average molecular weight is 590 g/mol. The number of rotatable bonds is 9. The summed E-state index contributed by atoms with van der Waals surface area (Å²) in [6.07, 6.45) is -5.43. The highest BCUT2D eigenvalue weighted by molar-refractivity contribution is 5.94. The minimum absolute atomic E-state index is 0.0194. The lowest BCUT2D eigenvalue weighted by Crippen LogP contribution is -2.49. The molecular formula is C29H31F4N5O4. The molecule has 3 aromatic rings. The molecule has 1 amide bonds. The number of piperidine rings is 1. The maximum absolute atomic E-state index is 14.9. The fourth-order valence-electron chi connectivity index (χ4n) is 4.91. The van der Waals surface area contributed by atoms with E-state index in [0.717, 1.165) is 4.57 Å². The van der Waals surface area contributed by atoms with Crippen LogP contribution >= 0.6 is 0 Å². The second kappa shape index (κ2) is 13.0. The zero-order valence-electron chi connectivity index (χ0n) is 23.1. The number of primary amides is 1. The predicted octanol–water partition coefficient (Wildman–Crippen LogP) is 3.77. The van der Waals surface area contributed by atoms with Crippen LogP contribution in [0.2, 0.25) is 0 Å². The molecule has 4 rings (SSSR count). The summed E-state index contributed by atoms with van der Waals surface area (Å²) in [5, 5.41) is 6.66. The van der Waals surface area contributed by atoms with Crippen LogP contribution < -0.4 is 21.1 Å². The maximum Gasteiger partial charge on any atom is 0.406 e. The van der Waals surface area contributed by atoms with Crippen LogP contribution in [0.1, 0.15) is 22.5 Å². The van der Waals surface area contributed by atoms with Gasteiger partial charge in [0, 0.05) is 24.2 Å². The number of fused-ring (bicyclic) bond motifs is 1. The molecule has 4 N–H and O–H groups in total. The number of benzene rings is 2. The molecule has 1 aliphatic rings. The van der Waals surface area contributed by atoms with Gasteiger partial charge in [0.1, 0.15) is 18.5 Å². The molecule has 2 atom stereocenters. The Labute approximate surface area is 239 Å². The van der Waals surface area contributed by atoms with Crippen LogP contribution in [0.5, 0.6) is 5.75 Å². The van der Waals surface area contributed by atoms with Crippen LogP contribution in [0.15, 0.2) is 42.5 Å². The molecule has 13 heteroatoms. The molecule has 1 aliphatic heterocycles. The molecule has 0 bridgehead atoms. The van der Waals surface area contributed by atoms with E-state index in [0.29, 0.717) is 46.6 Å². The summed E-state index contributed by atoms with van der Waals surface area (Å²) in [6, 6.07) is 10.5. The summed E-state index contributed by atoms with van der Waals surface area (Å²) in [6.45, 7) is -0.749. The van der Waals surface area contributed by atoms with Gasteiger partial charge in [-0.2, -0.15) is 13.2 Å². The minimum atomic E-state index is -4.50. The SMILES string of the molecule is COC(=O)c1ccc(NCC#Cc2cc3c(NC4CCN(CC(N)=O)CC4F)cccc3n2CC(F)(F)F)c(OC)c1. The van der Waals surface area contributed by atoms with Crippen molar-refractivity contribution in [1.82, 2.24) is 9.47 Å². The first-order valence-electron chi connectivity index (χ1n) is 13.1. The number of ether oxygens (including phenoxy) is 2. The lowest BCUT2D eigenvalue weighted by molar-refractivity contribution is -0.140. The fraction of sp³-hybridized carbons (Fsp3) is 0.379. The predicted molar refractivity (Wildman–Crippen MR) is 150 cm³/mol. The topological polar surface area (TPSA) is 111 Å². The van der Waals surface area contributed by atoms with Crippen molar-refractivity contribution in [2.24, 2.45) is 5.73 Å². The number of carbonyl (C=O) groups is 2. The van der Waals surface area contributed by atoms with Crippen molar-refractivity contribution in [1.29, 1.82) is 0 Å². The van der Waals surface area contributed by atoms with Crippen molar-refractivity contribution in [2.45, 2.75) is 31.4 Å². The van der Waals surface area contributed by atoms with Crippen molar-refractivity contribution < 1.29 is 36.6 Å². The molecule has 1 fully saturated rings. The van der Waals surface area contributed by atoms with Gasteiger partial charge in [-0.1, -0.05) is 12.0 Å². The van der Waals surface area contributed by atoms with Gasteiger partial charge in [-0.15, -0.1) is 0 Å². The molecule has 9 nitrogen and oxygen atoms in total. The number of hydrogen-bond acceptors (Lipinski definition) is 7. The summed E-state index contributed by atoms with van der Waals surface area (Å²) < 4.78 is 66.7. The summed E-state index contributed by atoms with van der Waals surface area (Å²) in [5.74, 6) is 4.97. The molecule has 2 unspecified atom stereocenters. The molecule has 224 valence electrons. The summed E-state index contributed by atoms with van der Waals surface area (Å²) in [5.41, 5.74) is 6.97. The highest BCUT2D eigenvalue weighted by atomic mass is 19.4. The summed E-state index contributed by atoms with van der Waals surface area (Å²) in [7, 11) is 2.70. The Balaban J connectivity index is 1.56. The highest BCUT2D eigenvalue weighted by Crippen LogP contribution is 2.32. The first-order chi connectivity index (χ1) is 20.0. The van der Waals surface area contributed by atoms with E-state index in [1.165, 1.54) is 20.3 Å².